The SMILES string of the molecule is COC(=O)N[C@H](C(=O)N1CCC[C@H]1c1ncc(-c2cc(F)c3c(c2)OC(c2ccc(C4CC4)s2)n2c-3cc3cc(-c4cnc([C@@H]5C[C@H]6CC6N5)[nH]4)ccc32)[nH]1)C(C)C. The molecule has 2 aliphatic carbocycles. The number of aromatic nitrogens is 5. The number of aromatic amines is 2. The summed E-state index contributed by atoms with van der Waals surface area (Å²) in [4.78, 5) is 46.5. The number of thiophene rings is 1. The van der Waals surface area contributed by atoms with Crippen molar-refractivity contribution in [1.82, 2.24) is 40.0 Å². The number of halogens is 1. The smallest absolute Gasteiger partial charge is 0.407 e. The fraction of sp³-hybridized carbons (Fsp3) is 0.409. The number of carbonyl (C=O) groups excluding carboxylic acids is 2. The summed E-state index contributed by atoms with van der Waals surface area (Å²) < 4.78 is 30.5. The maximum absolute atomic E-state index is 16.7. The molecule has 6 aromatic rings. The lowest BCUT2D eigenvalue weighted by molar-refractivity contribution is -0.135. The normalized spacial score (nSPS) is 23.7. The molecule has 298 valence electrons. The van der Waals surface area contributed by atoms with Gasteiger partial charge in [-0.15, -0.1) is 11.3 Å². The van der Waals surface area contributed by atoms with E-state index < -0.39 is 24.2 Å². The quantitative estimate of drug-likeness (QED) is 0.115. The summed E-state index contributed by atoms with van der Waals surface area (Å²) in [5.41, 5.74) is 5.34. The number of carbonyl (C=O) groups is 2. The van der Waals surface area contributed by atoms with Crippen LogP contribution in [-0.4, -0.2) is 67.1 Å². The molecule has 0 bridgehead atoms. The van der Waals surface area contributed by atoms with Crippen LogP contribution < -0.4 is 15.4 Å². The Morgan fingerprint density at radius 2 is 1.76 bits per heavy atom. The van der Waals surface area contributed by atoms with E-state index in [1.54, 1.807) is 22.4 Å². The molecule has 58 heavy (non-hydrogen) atoms. The largest absolute Gasteiger partial charge is 0.464 e. The summed E-state index contributed by atoms with van der Waals surface area (Å²) in [5, 5.41) is 7.37. The Morgan fingerprint density at radius 3 is 2.53 bits per heavy atom. The van der Waals surface area contributed by atoms with Gasteiger partial charge in [-0.3, -0.25) is 9.36 Å². The number of likely N-dealkylation sites (tertiary alicyclic amines) is 1. The highest BCUT2D eigenvalue weighted by Gasteiger charge is 2.47. The van der Waals surface area contributed by atoms with Gasteiger partial charge in [-0.05, 0) is 98.7 Å². The highest BCUT2D eigenvalue weighted by Crippen LogP contribution is 2.51. The zero-order valence-electron chi connectivity index (χ0n) is 32.6. The van der Waals surface area contributed by atoms with E-state index in [2.05, 4.69) is 61.6 Å². The third kappa shape index (κ3) is 6.02. The van der Waals surface area contributed by atoms with Crippen LogP contribution in [0.5, 0.6) is 5.75 Å². The molecule has 2 saturated heterocycles. The van der Waals surface area contributed by atoms with E-state index in [4.69, 9.17) is 19.4 Å². The summed E-state index contributed by atoms with van der Waals surface area (Å²) in [5.74, 6) is 2.70. The van der Waals surface area contributed by atoms with Gasteiger partial charge in [0.1, 0.15) is 29.3 Å². The van der Waals surface area contributed by atoms with Crippen LogP contribution in [0.25, 0.3) is 44.7 Å². The number of hydrogen-bond acceptors (Lipinski definition) is 8. The minimum Gasteiger partial charge on any atom is -0.464 e. The minimum absolute atomic E-state index is 0.147. The minimum atomic E-state index is -0.740. The molecule has 4 aromatic heterocycles. The van der Waals surface area contributed by atoms with E-state index in [0.29, 0.717) is 53.3 Å². The average Bonchev–Trinajstić information content (AvgIpc) is 3.72. The van der Waals surface area contributed by atoms with Gasteiger partial charge in [0.2, 0.25) is 12.1 Å². The molecule has 12 nitrogen and oxygen atoms in total. The number of hydrogen-bond donors (Lipinski definition) is 4. The van der Waals surface area contributed by atoms with Crippen molar-refractivity contribution >= 4 is 34.2 Å². The molecule has 0 radical (unpaired) electrons. The number of nitrogens with one attached hydrogen (secondary N) is 4. The first-order valence-electron chi connectivity index (χ1n) is 20.5. The Kier molecular flexibility index (Phi) is 8.34. The highest BCUT2D eigenvalue weighted by atomic mass is 32.1. The van der Waals surface area contributed by atoms with E-state index >= 15 is 4.39 Å². The van der Waals surface area contributed by atoms with E-state index in [1.807, 2.05) is 26.1 Å². The van der Waals surface area contributed by atoms with Gasteiger partial charge in [0, 0.05) is 34.0 Å². The second-order valence-corrected chi connectivity index (χ2v) is 18.1. The van der Waals surface area contributed by atoms with Crippen LogP contribution in [0.15, 0.2) is 60.9 Å². The number of H-pyrrole nitrogens is 2. The first-order chi connectivity index (χ1) is 28.2. The van der Waals surface area contributed by atoms with Crippen molar-refractivity contribution in [3.63, 3.8) is 0 Å². The summed E-state index contributed by atoms with van der Waals surface area (Å²) in [7, 11) is 1.28. The van der Waals surface area contributed by atoms with Gasteiger partial charge in [-0.2, -0.15) is 0 Å². The van der Waals surface area contributed by atoms with Gasteiger partial charge < -0.3 is 35.0 Å². The van der Waals surface area contributed by atoms with Crippen LogP contribution >= 0.6 is 11.3 Å². The van der Waals surface area contributed by atoms with E-state index in [-0.39, 0.29) is 23.9 Å². The molecule has 4 N–H and O–H groups in total. The lowest BCUT2D eigenvalue weighted by atomic mass is 10.0. The van der Waals surface area contributed by atoms with Crippen molar-refractivity contribution in [2.45, 2.75) is 88.7 Å². The topological polar surface area (TPSA) is 142 Å². The van der Waals surface area contributed by atoms with E-state index in [0.717, 1.165) is 57.3 Å². The molecular weight excluding hydrogens is 756 g/mol. The lowest BCUT2D eigenvalue weighted by Crippen LogP contribution is -2.51. The summed E-state index contributed by atoms with van der Waals surface area (Å²) in [6.45, 7) is 4.32. The number of amides is 2. The lowest BCUT2D eigenvalue weighted by Gasteiger charge is -2.30. The van der Waals surface area contributed by atoms with E-state index in [9.17, 15) is 9.59 Å². The number of rotatable bonds is 9. The van der Waals surface area contributed by atoms with Crippen LogP contribution in [0.2, 0.25) is 0 Å². The molecule has 2 amide bonds. The van der Waals surface area contributed by atoms with Gasteiger partial charge in [0.25, 0.3) is 0 Å². The number of methoxy groups -OCH3 is 1. The molecule has 2 aromatic carbocycles. The summed E-state index contributed by atoms with van der Waals surface area (Å²) in [6.07, 6.45) is 8.79. The number of imidazole rings is 2. The molecule has 14 heteroatoms. The van der Waals surface area contributed by atoms with Crippen LogP contribution in [0.1, 0.15) is 98.0 Å². The second kappa shape index (κ2) is 13.6. The predicted molar refractivity (Wildman–Crippen MR) is 218 cm³/mol. The van der Waals surface area contributed by atoms with Crippen LogP contribution in [0.4, 0.5) is 9.18 Å². The van der Waals surface area contributed by atoms with E-state index in [1.165, 1.54) is 37.3 Å². The van der Waals surface area contributed by atoms with Gasteiger partial charge in [-0.1, -0.05) is 19.9 Å². The number of ether oxygens (including phenoxy) is 2. The first-order valence-corrected chi connectivity index (χ1v) is 21.3. The molecule has 6 atom stereocenters. The highest BCUT2D eigenvalue weighted by molar-refractivity contribution is 7.12. The van der Waals surface area contributed by atoms with Crippen molar-refractivity contribution < 1.29 is 23.5 Å². The summed E-state index contributed by atoms with van der Waals surface area (Å²) in [6, 6.07) is 16.1. The Hall–Kier alpha value is -5.47. The van der Waals surface area contributed by atoms with Gasteiger partial charge >= 0.3 is 6.09 Å². The zero-order chi connectivity index (χ0) is 39.4. The second-order valence-electron chi connectivity index (χ2n) is 17.0. The maximum Gasteiger partial charge on any atom is 0.407 e. The van der Waals surface area contributed by atoms with Crippen molar-refractivity contribution in [1.29, 1.82) is 0 Å². The van der Waals surface area contributed by atoms with Crippen LogP contribution in [0.3, 0.4) is 0 Å². The molecular formula is C44H45FN8O4S. The number of piperidine rings is 1. The van der Waals surface area contributed by atoms with Crippen LogP contribution in [-0.2, 0) is 9.53 Å². The van der Waals surface area contributed by atoms with Crippen molar-refractivity contribution in [3.8, 4) is 39.5 Å². The van der Waals surface area contributed by atoms with Crippen molar-refractivity contribution in [2.75, 3.05) is 13.7 Å². The monoisotopic (exact) mass is 800 g/mol. The Morgan fingerprint density at radius 1 is 0.966 bits per heavy atom. The third-order valence-corrected chi connectivity index (χ3v) is 14.0. The van der Waals surface area contributed by atoms with Crippen LogP contribution in [0, 0.1) is 17.7 Å². The fourth-order valence-electron chi connectivity index (χ4n) is 9.41. The molecule has 5 aliphatic rings. The molecule has 4 fully saturated rings. The molecule has 0 spiro atoms. The number of benzene rings is 2. The van der Waals surface area contributed by atoms with Gasteiger partial charge in [0.05, 0.1) is 64.6 Å². The first kappa shape index (κ1) is 35.7. The number of alkyl carbamates (subject to hydrolysis) is 1. The van der Waals surface area contributed by atoms with Crippen molar-refractivity contribution in [3.05, 3.63) is 88.1 Å². The molecule has 11 rings (SSSR count). The van der Waals surface area contributed by atoms with Gasteiger partial charge in [0.15, 0.2) is 0 Å². The molecule has 3 aliphatic heterocycles. The number of fused-ring (bicyclic) bond motifs is 6. The van der Waals surface area contributed by atoms with Crippen molar-refractivity contribution in [2.24, 2.45) is 11.8 Å². The van der Waals surface area contributed by atoms with Gasteiger partial charge in [-0.25, -0.2) is 19.2 Å². The molecule has 2 saturated carbocycles. The zero-order valence-corrected chi connectivity index (χ0v) is 33.4. The Balaban J connectivity index is 0.935. The number of nitrogens with zero attached hydrogens (tertiary/aromatic N) is 4. The third-order valence-electron chi connectivity index (χ3n) is 12.8. The Labute approximate surface area is 338 Å². The molecule has 7 heterocycles. The Bertz CT molecular complexity index is 2590. The maximum atomic E-state index is 16.7. The molecule has 2 unspecified atom stereocenters. The fourth-order valence-corrected chi connectivity index (χ4v) is 10.6. The standard InChI is InChI=1S/C44H45FN8O4S/c1-21(2)39(51-44(55)56-3)42(54)52-12-4-5-33(52)41-47-20-31(50-41)24-14-27(45)38-34-17-26-13-23(30-19-46-40(49-30)29-16-25-15-28(25)48-29)8-9-32(26)53(34)43(57-35(38)18-24)37-11-10-36(58-37)22-6-7-22/h8-11,13-14,17-22,25,28-29,33,39,43,48H,4-7,12,15-16H2,1-3H3,(H,46,49)(H,47,50)(H,51,55)/t25-,28?,29+,33+,39+,43?/m1/s1. The predicted octanol–water partition coefficient (Wildman–Crippen LogP) is 8.57. The summed E-state index contributed by atoms with van der Waals surface area (Å²) >= 11 is 1.77. The average molecular weight is 801 g/mol.